The molecule has 0 aliphatic carbocycles. The molecule has 4 heteroatoms. The highest BCUT2D eigenvalue weighted by Crippen LogP contribution is 2.22. The van der Waals surface area contributed by atoms with Crippen LogP contribution in [0.15, 0.2) is 18.3 Å². The molecule has 0 radical (unpaired) electrons. The second-order valence-electron chi connectivity index (χ2n) is 5.44. The molecule has 1 aromatic rings. The molecule has 1 aromatic heterocycles. The number of nitrogens with zero attached hydrogens (tertiary/aromatic N) is 3. The van der Waals surface area contributed by atoms with Crippen molar-refractivity contribution in [1.82, 2.24) is 15.2 Å². The maximum atomic E-state index is 4.60. The van der Waals surface area contributed by atoms with Gasteiger partial charge in [-0.05, 0) is 39.0 Å². The summed E-state index contributed by atoms with van der Waals surface area (Å²) in [4.78, 5) is 9.38. The number of nitrogens with one attached hydrogen (secondary N) is 1. The molecule has 0 saturated carbocycles. The van der Waals surface area contributed by atoms with Gasteiger partial charge in [-0.25, -0.2) is 4.98 Å². The molecule has 106 valence electrons. The minimum atomic E-state index is 0.578. The predicted octanol–water partition coefficient (Wildman–Crippen LogP) is 1.72. The van der Waals surface area contributed by atoms with E-state index < -0.39 is 0 Å². The van der Waals surface area contributed by atoms with Crippen molar-refractivity contribution >= 4 is 5.82 Å². The molecule has 1 atom stereocenters. The quantitative estimate of drug-likeness (QED) is 0.875. The van der Waals surface area contributed by atoms with Gasteiger partial charge in [0, 0.05) is 37.9 Å². The van der Waals surface area contributed by atoms with Crippen LogP contribution in [-0.2, 0) is 6.54 Å². The molecule has 1 unspecified atom stereocenters. The average Bonchev–Trinajstić information content (AvgIpc) is 2.44. The summed E-state index contributed by atoms with van der Waals surface area (Å²) in [6.45, 7) is 6.37. The van der Waals surface area contributed by atoms with Crippen LogP contribution in [0.25, 0.3) is 0 Å². The van der Waals surface area contributed by atoms with Crippen LogP contribution >= 0.6 is 0 Å². The third-order valence-electron chi connectivity index (χ3n) is 3.91. The second-order valence-corrected chi connectivity index (χ2v) is 5.44. The first-order chi connectivity index (χ1) is 9.22. The van der Waals surface area contributed by atoms with Crippen LogP contribution in [0.3, 0.4) is 0 Å². The van der Waals surface area contributed by atoms with Crippen LogP contribution in [0.1, 0.15) is 25.3 Å². The Kier molecular flexibility index (Phi) is 5.16. The van der Waals surface area contributed by atoms with Gasteiger partial charge in [-0.15, -0.1) is 0 Å². The van der Waals surface area contributed by atoms with Crippen LogP contribution in [0.5, 0.6) is 0 Å². The summed E-state index contributed by atoms with van der Waals surface area (Å²) in [5.41, 5.74) is 1.29. The van der Waals surface area contributed by atoms with Gasteiger partial charge >= 0.3 is 0 Å². The lowest BCUT2D eigenvalue weighted by atomic mass is 10.0. The molecule has 1 N–H and O–H groups in total. The van der Waals surface area contributed by atoms with Gasteiger partial charge in [0.05, 0.1) is 0 Å². The van der Waals surface area contributed by atoms with Gasteiger partial charge in [-0.3, -0.25) is 0 Å². The highest BCUT2D eigenvalue weighted by molar-refractivity contribution is 5.47. The zero-order valence-electron chi connectivity index (χ0n) is 12.4. The van der Waals surface area contributed by atoms with E-state index in [-0.39, 0.29) is 0 Å². The van der Waals surface area contributed by atoms with Gasteiger partial charge < -0.3 is 15.1 Å². The molecule has 0 bridgehead atoms. The molecule has 0 amide bonds. The lowest BCUT2D eigenvalue weighted by Gasteiger charge is -2.37. The minimum absolute atomic E-state index is 0.578. The average molecular weight is 262 g/mol. The first-order valence-electron chi connectivity index (χ1n) is 7.28. The van der Waals surface area contributed by atoms with Crippen LogP contribution in [0, 0.1) is 0 Å². The number of likely N-dealkylation sites (tertiary alicyclic amines) is 1. The number of hydrogen-bond donors (Lipinski definition) is 1. The van der Waals surface area contributed by atoms with Crippen LogP contribution in [0.4, 0.5) is 5.82 Å². The lowest BCUT2D eigenvalue weighted by Crippen LogP contribution is -2.45. The Labute approximate surface area is 116 Å². The number of aromatic nitrogens is 1. The number of hydrogen-bond acceptors (Lipinski definition) is 4. The molecular weight excluding hydrogens is 236 g/mol. The van der Waals surface area contributed by atoms with Gasteiger partial charge in [0.15, 0.2) is 0 Å². The van der Waals surface area contributed by atoms with Gasteiger partial charge in [0.1, 0.15) is 5.82 Å². The summed E-state index contributed by atoms with van der Waals surface area (Å²) >= 11 is 0. The molecule has 2 rings (SSSR count). The van der Waals surface area contributed by atoms with E-state index in [9.17, 15) is 0 Å². The van der Waals surface area contributed by atoms with Crippen LogP contribution in [0.2, 0.25) is 0 Å². The summed E-state index contributed by atoms with van der Waals surface area (Å²) < 4.78 is 0. The van der Waals surface area contributed by atoms with E-state index >= 15 is 0 Å². The normalized spacial score (nSPS) is 20.5. The van der Waals surface area contributed by atoms with Crippen LogP contribution < -0.4 is 10.2 Å². The molecule has 2 heterocycles. The van der Waals surface area contributed by atoms with Gasteiger partial charge in [0.2, 0.25) is 0 Å². The second kappa shape index (κ2) is 6.87. The van der Waals surface area contributed by atoms with Crippen molar-refractivity contribution in [3.8, 4) is 0 Å². The summed E-state index contributed by atoms with van der Waals surface area (Å²) in [5, 5.41) is 3.39. The fourth-order valence-electron chi connectivity index (χ4n) is 2.77. The van der Waals surface area contributed by atoms with E-state index in [2.05, 4.69) is 47.2 Å². The Hall–Kier alpha value is -1.13. The monoisotopic (exact) mass is 262 g/mol. The first kappa shape index (κ1) is 14.3. The Morgan fingerprint density at radius 3 is 3.11 bits per heavy atom. The highest BCUT2D eigenvalue weighted by atomic mass is 15.2. The number of anilines is 1. The number of pyridine rings is 1. The molecule has 4 nitrogen and oxygen atoms in total. The van der Waals surface area contributed by atoms with Crippen molar-refractivity contribution in [2.24, 2.45) is 0 Å². The van der Waals surface area contributed by atoms with Crippen molar-refractivity contribution in [2.75, 3.05) is 38.6 Å². The summed E-state index contributed by atoms with van der Waals surface area (Å²) in [5.74, 6) is 1.13. The Morgan fingerprint density at radius 2 is 2.37 bits per heavy atom. The molecule has 1 aliphatic heterocycles. The van der Waals surface area contributed by atoms with E-state index in [1.165, 1.54) is 24.9 Å². The minimum Gasteiger partial charge on any atom is -0.355 e. The summed E-state index contributed by atoms with van der Waals surface area (Å²) in [6.07, 6.45) is 4.44. The zero-order chi connectivity index (χ0) is 13.7. The zero-order valence-corrected chi connectivity index (χ0v) is 12.4. The van der Waals surface area contributed by atoms with Crippen molar-refractivity contribution in [2.45, 2.75) is 32.4 Å². The lowest BCUT2D eigenvalue weighted by molar-refractivity contribution is 0.247. The summed E-state index contributed by atoms with van der Waals surface area (Å²) in [6, 6.07) is 4.78. The predicted molar refractivity (Wildman–Crippen MR) is 80.5 cm³/mol. The van der Waals surface area contributed by atoms with E-state index in [4.69, 9.17) is 0 Å². The van der Waals surface area contributed by atoms with Crippen molar-refractivity contribution in [1.29, 1.82) is 0 Å². The molecule has 1 aliphatic rings. The van der Waals surface area contributed by atoms with Gasteiger partial charge in [0.25, 0.3) is 0 Å². The molecule has 0 spiro atoms. The Morgan fingerprint density at radius 1 is 1.53 bits per heavy atom. The third kappa shape index (κ3) is 3.67. The van der Waals surface area contributed by atoms with Crippen molar-refractivity contribution < 1.29 is 0 Å². The molecule has 1 saturated heterocycles. The smallest absolute Gasteiger partial charge is 0.133 e. The maximum Gasteiger partial charge on any atom is 0.133 e. The Balaban J connectivity index is 2.11. The molecular formula is C15H26N4. The summed E-state index contributed by atoms with van der Waals surface area (Å²) in [7, 11) is 4.39. The third-order valence-corrected chi connectivity index (χ3v) is 3.91. The molecule has 19 heavy (non-hydrogen) atoms. The van der Waals surface area contributed by atoms with Crippen molar-refractivity contribution in [3.05, 3.63) is 23.9 Å². The number of piperidine rings is 1. The fourth-order valence-corrected chi connectivity index (χ4v) is 2.77. The largest absolute Gasteiger partial charge is 0.355 e. The first-order valence-corrected chi connectivity index (χ1v) is 7.28. The van der Waals surface area contributed by atoms with Gasteiger partial charge in [-0.1, -0.05) is 13.0 Å². The maximum absolute atomic E-state index is 4.60. The van der Waals surface area contributed by atoms with Gasteiger partial charge in [-0.2, -0.15) is 0 Å². The number of rotatable bonds is 5. The van der Waals surface area contributed by atoms with E-state index in [1.807, 2.05) is 12.3 Å². The van der Waals surface area contributed by atoms with Crippen LogP contribution in [-0.4, -0.2) is 49.7 Å². The molecule has 0 aromatic carbocycles. The van der Waals surface area contributed by atoms with E-state index in [0.29, 0.717) is 6.04 Å². The Bertz CT molecular complexity index is 393. The highest BCUT2D eigenvalue weighted by Gasteiger charge is 2.23. The SMILES string of the molecule is CCNCc1cccnc1N(C)C1CCCN(C)C1. The number of likely N-dealkylation sites (N-methyl/N-ethyl adjacent to an activating group) is 2. The van der Waals surface area contributed by atoms with Crippen molar-refractivity contribution in [3.63, 3.8) is 0 Å². The fraction of sp³-hybridized carbons (Fsp3) is 0.667. The van der Waals surface area contributed by atoms with E-state index in [1.54, 1.807) is 0 Å². The van der Waals surface area contributed by atoms with E-state index in [0.717, 1.165) is 25.5 Å². The topological polar surface area (TPSA) is 31.4 Å². The standard InChI is InChI=1S/C15H26N4/c1-4-16-11-13-7-5-9-17-15(13)19(3)14-8-6-10-18(2)12-14/h5,7,9,14,16H,4,6,8,10-12H2,1-3H3. The molecule has 1 fully saturated rings.